The van der Waals surface area contributed by atoms with Crippen molar-refractivity contribution < 1.29 is 0 Å². The first kappa shape index (κ1) is 14.4. The summed E-state index contributed by atoms with van der Waals surface area (Å²) >= 11 is 12.8. The summed E-state index contributed by atoms with van der Waals surface area (Å²) in [6.45, 7) is 0. The lowest BCUT2D eigenvalue weighted by atomic mass is 10.1. The average molecular weight is 401 g/mol. The van der Waals surface area contributed by atoms with E-state index in [1.807, 2.05) is 30.3 Å². The normalized spacial score (nSPS) is 11.7. The number of hydrogen-bond acceptors (Lipinski definition) is 2. The van der Waals surface area contributed by atoms with E-state index < -0.39 is 6.04 Å². The molecule has 0 bridgehead atoms. The van der Waals surface area contributed by atoms with E-state index in [9.17, 15) is 5.26 Å². The minimum Gasteiger partial charge on any atom is -0.366 e. The maximum atomic E-state index is 9.33. The van der Waals surface area contributed by atoms with E-state index >= 15 is 0 Å². The monoisotopic (exact) mass is 398 g/mol. The maximum absolute atomic E-state index is 9.33. The molecule has 1 atom stereocenters. The highest BCUT2D eigenvalue weighted by Crippen LogP contribution is 2.29. The first-order valence-corrected chi connectivity index (χ1v) is 7.43. The molecule has 0 aromatic heterocycles. The predicted molar refractivity (Wildman–Crippen MR) is 85.3 cm³/mol. The summed E-state index contributed by atoms with van der Waals surface area (Å²) in [5.41, 5.74) is 1.69. The van der Waals surface area contributed by atoms with Gasteiger partial charge in [0.25, 0.3) is 0 Å². The number of rotatable bonds is 3. The molecule has 0 aliphatic heterocycles. The summed E-state index contributed by atoms with van der Waals surface area (Å²) in [6.07, 6.45) is 0. The fraction of sp³-hybridized carbons (Fsp3) is 0.0714. The van der Waals surface area contributed by atoms with Gasteiger partial charge in [-0.25, -0.2) is 0 Å². The Hall–Kier alpha value is -1.02. The highest BCUT2D eigenvalue weighted by Gasteiger charge is 2.14. The Kier molecular flexibility index (Phi) is 4.87. The van der Waals surface area contributed by atoms with Gasteiger partial charge < -0.3 is 5.32 Å². The van der Waals surface area contributed by atoms with Crippen LogP contribution in [0.1, 0.15) is 11.6 Å². The molecule has 0 fully saturated rings. The van der Waals surface area contributed by atoms with Gasteiger partial charge in [0.05, 0.1) is 6.07 Å². The average Bonchev–Trinajstić information content (AvgIpc) is 2.41. The molecule has 2 rings (SSSR count). The zero-order valence-electron chi connectivity index (χ0n) is 9.70. The van der Waals surface area contributed by atoms with E-state index in [-0.39, 0.29) is 0 Å². The number of nitriles is 1. The molecule has 0 radical (unpaired) electrons. The predicted octanol–water partition coefficient (Wildman–Crippen LogP) is 5.54. The summed E-state index contributed by atoms with van der Waals surface area (Å²) in [7, 11) is 0. The van der Waals surface area contributed by atoms with Crippen LogP contribution < -0.4 is 5.32 Å². The van der Waals surface area contributed by atoms with Crippen LogP contribution in [-0.4, -0.2) is 0 Å². The molecule has 5 heteroatoms. The van der Waals surface area contributed by atoms with Crippen LogP contribution in [0.2, 0.25) is 5.02 Å². The van der Waals surface area contributed by atoms with Crippen LogP contribution in [0.4, 0.5) is 5.69 Å². The molecule has 2 aromatic carbocycles. The minimum absolute atomic E-state index is 0.464. The largest absolute Gasteiger partial charge is 0.366 e. The molecular weight excluding hydrogens is 391 g/mol. The van der Waals surface area contributed by atoms with Gasteiger partial charge in [0.2, 0.25) is 0 Å². The maximum Gasteiger partial charge on any atom is 0.141 e. The fourth-order valence-electron chi connectivity index (χ4n) is 1.63. The molecule has 0 aliphatic rings. The third-order valence-electron chi connectivity index (χ3n) is 2.55. The van der Waals surface area contributed by atoms with E-state index in [1.165, 1.54) is 0 Å². The van der Waals surface area contributed by atoms with Gasteiger partial charge in [-0.2, -0.15) is 5.26 Å². The number of benzene rings is 2. The van der Waals surface area contributed by atoms with Crippen molar-refractivity contribution in [1.29, 1.82) is 5.26 Å². The number of nitrogens with zero attached hydrogens (tertiary/aromatic N) is 1. The molecule has 19 heavy (non-hydrogen) atoms. The number of anilines is 1. The standard InChI is InChI=1S/C14H9Br2ClN2/c15-9-1-4-11(5-2-9)19-14(8-18)12-7-10(17)3-6-13(12)16/h1-7,14,19H. The summed E-state index contributed by atoms with van der Waals surface area (Å²) in [5, 5.41) is 13.1. The molecule has 0 spiro atoms. The smallest absolute Gasteiger partial charge is 0.141 e. The zero-order chi connectivity index (χ0) is 13.8. The first-order valence-electron chi connectivity index (χ1n) is 5.47. The zero-order valence-corrected chi connectivity index (χ0v) is 13.6. The lowest BCUT2D eigenvalue weighted by molar-refractivity contribution is 0.990. The molecule has 0 saturated heterocycles. The van der Waals surface area contributed by atoms with Crippen molar-refractivity contribution in [3.05, 3.63) is 62.0 Å². The van der Waals surface area contributed by atoms with Crippen molar-refractivity contribution in [3.8, 4) is 6.07 Å². The van der Waals surface area contributed by atoms with Crippen molar-refractivity contribution in [2.75, 3.05) is 5.32 Å². The van der Waals surface area contributed by atoms with Crippen LogP contribution in [0.25, 0.3) is 0 Å². The molecule has 96 valence electrons. The molecule has 0 saturated carbocycles. The van der Waals surface area contributed by atoms with Crippen LogP contribution >= 0.6 is 43.5 Å². The Morgan fingerprint density at radius 3 is 2.42 bits per heavy atom. The van der Waals surface area contributed by atoms with Gasteiger partial charge in [-0.3, -0.25) is 0 Å². The van der Waals surface area contributed by atoms with Gasteiger partial charge in [-0.1, -0.05) is 43.5 Å². The van der Waals surface area contributed by atoms with Gasteiger partial charge in [0, 0.05) is 25.2 Å². The Balaban J connectivity index is 2.28. The van der Waals surface area contributed by atoms with Crippen molar-refractivity contribution in [2.24, 2.45) is 0 Å². The minimum atomic E-state index is -0.464. The second-order valence-corrected chi connectivity index (χ2v) is 6.09. The second kappa shape index (κ2) is 6.42. The molecule has 0 heterocycles. The second-order valence-electron chi connectivity index (χ2n) is 3.88. The summed E-state index contributed by atoms with van der Waals surface area (Å²) in [6, 6.07) is 14.8. The molecule has 2 nitrogen and oxygen atoms in total. The third kappa shape index (κ3) is 3.73. The van der Waals surface area contributed by atoms with Crippen LogP contribution in [0.15, 0.2) is 51.4 Å². The van der Waals surface area contributed by atoms with E-state index in [4.69, 9.17) is 11.6 Å². The van der Waals surface area contributed by atoms with Crippen molar-refractivity contribution in [1.82, 2.24) is 0 Å². The lowest BCUT2D eigenvalue weighted by Crippen LogP contribution is -2.09. The van der Waals surface area contributed by atoms with E-state index in [1.54, 1.807) is 12.1 Å². The Morgan fingerprint density at radius 1 is 1.11 bits per heavy atom. The van der Waals surface area contributed by atoms with Crippen LogP contribution in [0, 0.1) is 11.3 Å². The van der Waals surface area contributed by atoms with Crippen molar-refractivity contribution >= 4 is 49.1 Å². The van der Waals surface area contributed by atoms with E-state index in [0.29, 0.717) is 5.02 Å². The number of nitrogens with one attached hydrogen (secondary N) is 1. The van der Waals surface area contributed by atoms with Gasteiger partial charge in [0.15, 0.2) is 0 Å². The quantitative estimate of drug-likeness (QED) is 0.734. The first-order chi connectivity index (χ1) is 9.10. The SMILES string of the molecule is N#CC(Nc1ccc(Br)cc1)c1cc(Cl)ccc1Br. The highest BCUT2D eigenvalue weighted by molar-refractivity contribution is 9.10. The van der Waals surface area contributed by atoms with Gasteiger partial charge >= 0.3 is 0 Å². The molecule has 0 aliphatic carbocycles. The fourth-order valence-corrected chi connectivity index (χ4v) is 2.55. The topological polar surface area (TPSA) is 35.8 Å². The molecular formula is C14H9Br2ClN2. The Morgan fingerprint density at radius 2 is 1.79 bits per heavy atom. The van der Waals surface area contributed by atoms with Gasteiger partial charge in [-0.05, 0) is 42.5 Å². The third-order valence-corrected chi connectivity index (χ3v) is 4.04. The molecule has 2 aromatic rings. The van der Waals surface area contributed by atoms with Crippen molar-refractivity contribution in [2.45, 2.75) is 6.04 Å². The Labute approximate surface area is 133 Å². The summed E-state index contributed by atoms with van der Waals surface area (Å²) in [4.78, 5) is 0. The lowest BCUT2D eigenvalue weighted by Gasteiger charge is -2.15. The highest BCUT2D eigenvalue weighted by atomic mass is 79.9. The van der Waals surface area contributed by atoms with Gasteiger partial charge in [-0.15, -0.1) is 0 Å². The summed E-state index contributed by atoms with van der Waals surface area (Å²) in [5.74, 6) is 0. The van der Waals surface area contributed by atoms with E-state index in [2.05, 4.69) is 43.2 Å². The van der Waals surface area contributed by atoms with Crippen LogP contribution in [0.5, 0.6) is 0 Å². The van der Waals surface area contributed by atoms with Crippen molar-refractivity contribution in [3.63, 3.8) is 0 Å². The number of hydrogen-bond donors (Lipinski definition) is 1. The van der Waals surface area contributed by atoms with Gasteiger partial charge in [0.1, 0.15) is 6.04 Å². The van der Waals surface area contributed by atoms with Crippen LogP contribution in [0.3, 0.4) is 0 Å². The molecule has 0 amide bonds. The molecule has 1 unspecified atom stereocenters. The Bertz CT molecular complexity index is 620. The summed E-state index contributed by atoms with van der Waals surface area (Å²) < 4.78 is 1.85. The number of halogens is 3. The van der Waals surface area contributed by atoms with Crippen LogP contribution in [-0.2, 0) is 0 Å². The van der Waals surface area contributed by atoms with E-state index in [0.717, 1.165) is 20.2 Å². The molecule has 1 N–H and O–H groups in total.